The molecule has 1 aliphatic rings. The third-order valence-corrected chi connectivity index (χ3v) is 9.09. The van der Waals surface area contributed by atoms with Gasteiger partial charge in [-0.2, -0.15) is 0 Å². The van der Waals surface area contributed by atoms with E-state index in [4.69, 9.17) is 4.74 Å². The monoisotopic (exact) mass is 665 g/mol. The first-order chi connectivity index (χ1) is 21.7. The molecule has 244 valence electrons. The van der Waals surface area contributed by atoms with Crippen LogP contribution < -0.4 is 20.1 Å². The molecule has 12 heteroatoms. The summed E-state index contributed by atoms with van der Waals surface area (Å²) in [6.07, 6.45) is 1.54. The maximum Gasteiger partial charge on any atom is 0.272 e. The molecule has 0 radical (unpaired) electrons. The van der Waals surface area contributed by atoms with Crippen LogP contribution in [0, 0.1) is 5.82 Å². The van der Waals surface area contributed by atoms with Gasteiger partial charge in [-0.3, -0.25) is 14.5 Å². The quantitative estimate of drug-likeness (QED) is 0.257. The average Bonchev–Trinajstić information content (AvgIpc) is 3.33. The van der Waals surface area contributed by atoms with Gasteiger partial charge in [0.25, 0.3) is 11.8 Å². The first kappa shape index (κ1) is 33.6. The number of benzene rings is 3. The van der Waals surface area contributed by atoms with Gasteiger partial charge >= 0.3 is 0 Å². The Kier molecular flexibility index (Phi) is 9.86. The van der Waals surface area contributed by atoms with Crippen LogP contribution in [-0.2, 0) is 30.0 Å². The molecule has 1 fully saturated rings. The Morgan fingerprint density at radius 2 is 1.72 bits per heavy atom. The fourth-order valence-corrected chi connectivity index (χ4v) is 6.71. The van der Waals surface area contributed by atoms with E-state index in [2.05, 4.69) is 51.0 Å². The molecule has 4 aromatic rings. The van der Waals surface area contributed by atoms with Gasteiger partial charge in [-0.1, -0.05) is 39.0 Å². The molecule has 5 rings (SSSR count). The van der Waals surface area contributed by atoms with Gasteiger partial charge in [0.05, 0.1) is 24.0 Å². The number of fused-ring (bicyclic) bond motifs is 1. The van der Waals surface area contributed by atoms with Crippen LogP contribution >= 0.6 is 9.24 Å². The number of anilines is 2. The van der Waals surface area contributed by atoms with Crippen LogP contribution in [0.4, 0.5) is 15.8 Å². The second-order valence-corrected chi connectivity index (χ2v) is 14.4. The summed E-state index contributed by atoms with van der Waals surface area (Å²) in [6, 6.07) is 16.1. The highest BCUT2D eigenvalue weighted by molar-refractivity contribution is 7.85. The zero-order valence-corrected chi connectivity index (χ0v) is 29.0. The normalized spacial score (nSPS) is 14.7. The van der Waals surface area contributed by atoms with Crippen LogP contribution in [0.2, 0.25) is 0 Å². The summed E-state index contributed by atoms with van der Waals surface area (Å²) in [5.74, 6) is -0.485. The smallest absolute Gasteiger partial charge is 0.272 e. The molecule has 2 N–H and O–H groups in total. The van der Waals surface area contributed by atoms with E-state index in [1.54, 1.807) is 17.2 Å². The van der Waals surface area contributed by atoms with E-state index in [0.717, 1.165) is 22.0 Å². The largest absolute Gasteiger partial charge is 0.492 e. The molecule has 2 atom stereocenters. The van der Waals surface area contributed by atoms with Crippen molar-refractivity contribution in [2.75, 3.05) is 49.6 Å². The summed E-state index contributed by atoms with van der Waals surface area (Å²) >= 11 is 0. The number of rotatable bonds is 8. The number of ether oxygens (including phenoxy) is 1. The standard InChI is InChI=1S/C34H41FN5O4PS/c1-34(2,3)24-17-27(31(44-5)28(18-24)37-46(6)43)36-32(41)29-16-21-8-7-9-22(30(21)38(29)4)20-39-10-12-40(13-11-39)33(42)23-14-25(35)19-26(45)15-23/h7-9,14-19,37H,10-13,20,45H2,1-6H3,(H,36,41). The molecule has 0 aliphatic carbocycles. The Morgan fingerprint density at radius 3 is 2.35 bits per heavy atom. The number of methoxy groups -OCH3 is 1. The first-order valence-electron chi connectivity index (χ1n) is 15.0. The Labute approximate surface area is 274 Å². The second-order valence-electron chi connectivity index (χ2n) is 12.7. The Bertz CT molecular complexity index is 1810. The van der Waals surface area contributed by atoms with Crippen molar-refractivity contribution in [2.45, 2.75) is 32.7 Å². The molecule has 1 aromatic heterocycles. The Hall–Kier alpha value is -3.79. The van der Waals surface area contributed by atoms with Crippen molar-refractivity contribution in [3.05, 3.63) is 82.8 Å². The third-order valence-electron chi connectivity index (χ3n) is 8.25. The van der Waals surface area contributed by atoms with Gasteiger partial charge < -0.3 is 24.2 Å². The highest BCUT2D eigenvalue weighted by Gasteiger charge is 2.25. The minimum Gasteiger partial charge on any atom is -0.492 e. The van der Waals surface area contributed by atoms with Gasteiger partial charge in [-0.05, 0) is 58.2 Å². The van der Waals surface area contributed by atoms with Crippen molar-refractivity contribution >= 4 is 59.6 Å². The topological polar surface area (TPSA) is 95.9 Å². The average molecular weight is 666 g/mol. The van der Waals surface area contributed by atoms with E-state index in [1.807, 2.05) is 41.9 Å². The molecule has 2 amide bonds. The number of hydrogen-bond donors (Lipinski definition) is 2. The van der Waals surface area contributed by atoms with Crippen LogP contribution in [-0.4, -0.2) is 69.9 Å². The number of nitrogens with zero attached hydrogens (tertiary/aromatic N) is 3. The third kappa shape index (κ3) is 7.27. The van der Waals surface area contributed by atoms with Gasteiger partial charge in [0, 0.05) is 57.0 Å². The lowest BCUT2D eigenvalue weighted by Gasteiger charge is -2.35. The van der Waals surface area contributed by atoms with Crippen molar-refractivity contribution in [1.29, 1.82) is 0 Å². The number of piperazine rings is 1. The second kappa shape index (κ2) is 13.5. The van der Waals surface area contributed by atoms with Gasteiger partial charge in [0.2, 0.25) is 0 Å². The first-order valence-corrected chi connectivity index (χ1v) is 17.2. The van der Waals surface area contributed by atoms with Gasteiger partial charge in [0.1, 0.15) is 22.5 Å². The number of para-hydroxylation sites is 1. The minimum absolute atomic E-state index is 0.168. The molecule has 0 saturated carbocycles. The van der Waals surface area contributed by atoms with Crippen molar-refractivity contribution in [2.24, 2.45) is 7.05 Å². The fourth-order valence-electron chi connectivity index (χ4n) is 5.91. The van der Waals surface area contributed by atoms with Gasteiger partial charge in [-0.15, -0.1) is 9.24 Å². The van der Waals surface area contributed by atoms with E-state index < -0.39 is 16.8 Å². The number of carbonyl (C=O) groups excluding carboxylic acids is 2. The van der Waals surface area contributed by atoms with Gasteiger partial charge in [0.15, 0.2) is 5.75 Å². The minimum atomic E-state index is -1.34. The number of hydrogen-bond acceptors (Lipinski definition) is 5. The predicted octanol–water partition coefficient (Wildman–Crippen LogP) is 5.04. The number of aryl methyl sites for hydroxylation is 1. The number of carbonyl (C=O) groups is 2. The Morgan fingerprint density at radius 1 is 1.02 bits per heavy atom. The maximum absolute atomic E-state index is 13.9. The molecule has 1 saturated heterocycles. The Balaban J connectivity index is 1.35. The van der Waals surface area contributed by atoms with Crippen molar-refractivity contribution in [1.82, 2.24) is 14.4 Å². The van der Waals surface area contributed by atoms with E-state index in [9.17, 15) is 18.2 Å². The predicted molar refractivity (Wildman–Crippen MR) is 187 cm³/mol. The maximum atomic E-state index is 13.9. The lowest BCUT2D eigenvalue weighted by Crippen LogP contribution is -2.48. The molecule has 2 unspecified atom stereocenters. The fraction of sp³-hybridized carbons (Fsp3) is 0.353. The molecular weight excluding hydrogens is 624 g/mol. The summed E-state index contributed by atoms with van der Waals surface area (Å²) in [6.45, 7) is 9.28. The molecule has 46 heavy (non-hydrogen) atoms. The molecular formula is C34H41FN5O4PS. The summed E-state index contributed by atoms with van der Waals surface area (Å²) in [4.78, 5) is 30.9. The highest BCUT2D eigenvalue weighted by atomic mass is 32.2. The SMILES string of the molecule is COc1c(NC(=O)c2cc3cccc(CN4CCN(C(=O)c5cc(F)cc(P)c5)CC4)c3n2C)cc(C(C)(C)C)cc1NS(C)=O. The van der Waals surface area contributed by atoms with E-state index in [1.165, 1.54) is 19.2 Å². The van der Waals surface area contributed by atoms with Crippen LogP contribution in [0.15, 0.2) is 54.6 Å². The molecule has 2 heterocycles. The van der Waals surface area contributed by atoms with E-state index >= 15 is 0 Å². The van der Waals surface area contributed by atoms with Crippen molar-refractivity contribution < 1.29 is 22.9 Å². The highest BCUT2D eigenvalue weighted by Crippen LogP contribution is 2.39. The van der Waals surface area contributed by atoms with Crippen LogP contribution in [0.25, 0.3) is 10.9 Å². The number of nitrogens with one attached hydrogen (secondary N) is 2. The number of aromatic nitrogens is 1. The van der Waals surface area contributed by atoms with E-state index in [-0.39, 0.29) is 17.2 Å². The summed E-state index contributed by atoms with van der Waals surface area (Å²) in [5.41, 5.74) is 4.60. The van der Waals surface area contributed by atoms with Crippen molar-refractivity contribution in [3.8, 4) is 5.75 Å². The van der Waals surface area contributed by atoms with Crippen LogP contribution in [0.1, 0.15) is 52.7 Å². The van der Waals surface area contributed by atoms with Crippen LogP contribution in [0.5, 0.6) is 5.75 Å². The summed E-state index contributed by atoms with van der Waals surface area (Å²) < 4.78 is 36.5. The van der Waals surface area contributed by atoms with E-state index in [0.29, 0.717) is 66.4 Å². The summed E-state index contributed by atoms with van der Waals surface area (Å²) in [5, 5.41) is 4.63. The lowest BCUT2D eigenvalue weighted by molar-refractivity contribution is 0.0628. The molecule has 9 nitrogen and oxygen atoms in total. The lowest BCUT2D eigenvalue weighted by atomic mass is 9.86. The molecule has 3 aromatic carbocycles. The zero-order valence-electron chi connectivity index (χ0n) is 27.1. The van der Waals surface area contributed by atoms with Gasteiger partial charge in [-0.25, -0.2) is 8.60 Å². The molecule has 0 spiro atoms. The number of halogens is 1. The van der Waals surface area contributed by atoms with Crippen LogP contribution in [0.3, 0.4) is 0 Å². The number of amides is 2. The summed E-state index contributed by atoms with van der Waals surface area (Å²) in [7, 11) is 4.50. The van der Waals surface area contributed by atoms with Crippen molar-refractivity contribution in [3.63, 3.8) is 0 Å². The molecule has 1 aliphatic heterocycles. The zero-order chi connectivity index (χ0) is 33.3. The molecule has 0 bridgehead atoms.